The van der Waals surface area contributed by atoms with E-state index in [1.54, 1.807) is 0 Å². The summed E-state index contributed by atoms with van der Waals surface area (Å²) in [4.78, 5) is 0. The molecule has 1 saturated heterocycles. The van der Waals surface area contributed by atoms with Gasteiger partial charge in [0, 0.05) is 18.8 Å². The molecule has 0 atom stereocenters. The fraction of sp³-hybridized carbons (Fsp3) is 0.333. The van der Waals surface area contributed by atoms with Crippen molar-refractivity contribution < 1.29 is 9.84 Å². The van der Waals surface area contributed by atoms with Crippen molar-refractivity contribution in [3.63, 3.8) is 0 Å². The van der Waals surface area contributed by atoms with Gasteiger partial charge in [0.25, 0.3) is 0 Å². The van der Waals surface area contributed by atoms with Gasteiger partial charge in [-0.2, -0.15) is 0 Å². The summed E-state index contributed by atoms with van der Waals surface area (Å²) in [6.07, 6.45) is 2.00. The second kappa shape index (κ2) is 4.38. The molecule has 17 heavy (non-hydrogen) atoms. The van der Waals surface area contributed by atoms with Crippen molar-refractivity contribution in [2.24, 2.45) is 0 Å². The molecule has 0 bridgehead atoms. The van der Waals surface area contributed by atoms with Crippen LogP contribution in [0.25, 0.3) is 10.8 Å². The Balaban J connectivity index is 2.15. The number of benzene rings is 2. The zero-order valence-electron chi connectivity index (χ0n) is 9.73. The lowest BCUT2D eigenvalue weighted by Gasteiger charge is -2.24. The van der Waals surface area contributed by atoms with Crippen LogP contribution in [0, 0.1) is 0 Å². The smallest absolute Gasteiger partial charge is 0.119 e. The maximum Gasteiger partial charge on any atom is 0.119 e. The first-order valence-corrected chi connectivity index (χ1v) is 6.14. The minimum atomic E-state index is 0.426. The summed E-state index contributed by atoms with van der Waals surface area (Å²) < 4.78 is 5.39. The quantitative estimate of drug-likeness (QED) is 0.810. The molecule has 0 radical (unpaired) electrons. The maximum atomic E-state index is 10.1. The molecular formula is C15H16O2. The number of rotatable bonds is 1. The molecule has 1 aliphatic rings. The van der Waals surface area contributed by atoms with Crippen LogP contribution in [0.2, 0.25) is 0 Å². The first-order valence-electron chi connectivity index (χ1n) is 6.14. The van der Waals surface area contributed by atoms with E-state index in [4.69, 9.17) is 4.74 Å². The number of phenols is 1. The van der Waals surface area contributed by atoms with E-state index in [0.717, 1.165) is 31.6 Å². The van der Waals surface area contributed by atoms with Crippen LogP contribution in [-0.2, 0) is 4.74 Å². The summed E-state index contributed by atoms with van der Waals surface area (Å²) in [6.45, 7) is 1.60. The number of phenolic OH excluding ortho intramolecular Hbond substituents is 1. The number of aromatic hydroxyl groups is 1. The molecule has 88 valence electrons. The van der Waals surface area contributed by atoms with Crippen molar-refractivity contribution in [1.82, 2.24) is 0 Å². The molecule has 2 nitrogen and oxygen atoms in total. The van der Waals surface area contributed by atoms with E-state index in [1.807, 2.05) is 24.3 Å². The third-order valence-corrected chi connectivity index (χ3v) is 3.58. The molecular weight excluding hydrogens is 212 g/mol. The van der Waals surface area contributed by atoms with E-state index in [-0.39, 0.29) is 0 Å². The monoisotopic (exact) mass is 228 g/mol. The highest BCUT2D eigenvalue weighted by molar-refractivity contribution is 5.88. The maximum absolute atomic E-state index is 10.1. The van der Waals surface area contributed by atoms with E-state index >= 15 is 0 Å². The molecule has 3 rings (SSSR count). The van der Waals surface area contributed by atoms with E-state index in [0.29, 0.717) is 11.7 Å². The number of hydrogen-bond acceptors (Lipinski definition) is 2. The zero-order chi connectivity index (χ0) is 11.7. The van der Waals surface area contributed by atoms with Crippen LogP contribution in [0.5, 0.6) is 5.75 Å². The fourth-order valence-electron chi connectivity index (χ4n) is 2.70. The van der Waals surface area contributed by atoms with Crippen LogP contribution >= 0.6 is 0 Å². The van der Waals surface area contributed by atoms with E-state index in [9.17, 15) is 5.11 Å². The third kappa shape index (κ3) is 1.89. The van der Waals surface area contributed by atoms with Gasteiger partial charge in [0.15, 0.2) is 0 Å². The van der Waals surface area contributed by atoms with Crippen molar-refractivity contribution in [3.05, 3.63) is 42.0 Å². The minimum Gasteiger partial charge on any atom is -0.508 e. The summed E-state index contributed by atoms with van der Waals surface area (Å²) in [7, 11) is 0. The minimum absolute atomic E-state index is 0.426. The molecule has 1 aliphatic heterocycles. The summed E-state index contributed by atoms with van der Waals surface area (Å²) in [5.41, 5.74) is 1.10. The first-order chi connectivity index (χ1) is 8.36. The standard InChI is InChI=1S/C15H16O2/c16-14-6-5-11-3-1-2-4-13(11)15(14)12-7-9-17-10-8-12/h1-6,12,16H,7-10H2. The van der Waals surface area contributed by atoms with Crippen molar-refractivity contribution in [2.75, 3.05) is 13.2 Å². The highest BCUT2D eigenvalue weighted by Crippen LogP contribution is 2.38. The van der Waals surface area contributed by atoms with Crippen LogP contribution in [0.3, 0.4) is 0 Å². The molecule has 0 aromatic heterocycles. The van der Waals surface area contributed by atoms with Gasteiger partial charge in [0.2, 0.25) is 0 Å². The van der Waals surface area contributed by atoms with E-state index in [2.05, 4.69) is 12.1 Å². The molecule has 2 aromatic carbocycles. The molecule has 2 heteroatoms. The van der Waals surface area contributed by atoms with E-state index in [1.165, 1.54) is 10.8 Å². The highest BCUT2D eigenvalue weighted by atomic mass is 16.5. The Kier molecular flexibility index (Phi) is 2.73. The Hall–Kier alpha value is -1.54. The Labute approximate surface area is 101 Å². The van der Waals surface area contributed by atoms with Gasteiger partial charge >= 0.3 is 0 Å². The van der Waals surface area contributed by atoms with Crippen LogP contribution in [0.1, 0.15) is 24.3 Å². The molecule has 1 N–H and O–H groups in total. The van der Waals surface area contributed by atoms with Gasteiger partial charge in [-0.1, -0.05) is 30.3 Å². The summed E-state index contributed by atoms with van der Waals surface area (Å²) in [5.74, 6) is 0.852. The van der Waals surface area contributed by atoms with Crippen LogP contribution < -0.4 is 0 Å². The van der Waals surface area contributed by atoms with Crippen LogP contribution in [-0.4, -0.2) is 18.3 Å². The molecule has 0 aliphatic carbocycles. The van der Waals surface area contributed by atoms with Crippen LogP contribution in [0.15, 0.2) is 36.4 Å². The zero-order valence-corrected chi connectivity index (χ0v) is 9.73. The van der Waals surface area contributed by atoms with Gasteiger partial charge in [-0.25, -0.2) is 0 Å². The first kappa shape index (κ1) is 10.6. The summed E-state index contributed by atoms with van der Waals surface area (Å²) >= 11 is 0. The fourth-order valence-corrected chi connectivity index (χ4v) is 2.70. The number of ether oxygens (including phenoxy) is 1. The molecule has 2 aromatic rings. The Morgan fingerprint density at radius 2 is 1.76 bits per heavy atom. The largest absolute Gasteiger partial charge is 0.508 e. The number of fused-ring (bicyclic) bond motifs is 1. The predicted molar refractivity (Wildman–Crippen MR) is 68.4 cm³/mol. The van der Waals surface area contributed by atoms with Crippen LogP contribution in [0.4, 0.5) is 0 Å². The van der Waals surface area contributed by atoms with Crippen molar-refractivity contribution >= 4 is 10.8 Å². The van der Waals surface area contributed by atoms with E-state index < -0.39 is 0 Å². The van der Waals surface area contributed by atoms with Gasteiger partial charge in [0.05, 0.1) is 0 Å². The average molecular weight is 228 g/mol. The van der Waals surface area contributed by atoms with Crippen molar-refractivity contribution in [2.45, 2.75) is 18.8 Å². The second-order valence-corrected chi connectivity index (χ2v) is 4.61. The number of hydrogen-bond donors (Lipinski definition) is 1. The topological polar surface area (TPSA) is 29.5 Å². The lowest BCUT2D eigenvalue weighted by Crippen LogP contribution is -2.14. The lowest BCUT2D eigenvalue weighted by atomic mass is 9.87. The molecule has 1 fully saturated rings. The van der Waals surface area contributed by atoms with Crippen molar-refractivity contribution in [3.8, 4) is 5.75 Å². The Morgan fingerprint density at radius 1 is 1.00 bits per heavy atom. The average Bonchev–Trinajstić information content (AvgIpc) is 2.39. The molecule has 0 saturated carbocycles. The summed E-state index contributed by atoms with van der Waals surface area (Å²) in [5, 5.41) is 12.5. The Bertz CT molecular complexity index is 527. The molecule has 0 unspecified atom stereocenters. The van der Waals surface area contributed by atoms with Gasteiger partial charge < -0.3 is 9.84 Å². The lowest BCUT2D eigenvalue weighted by molar-refractivity contribution is 0.0851. The molecule has 0 spiro atoms. The SMILES string of the molecule is Oc1ccc2ccccc2c1C1CCOCC1. The van der Waals surface area contributed by atoms with Gasteiger partial charge in [0.1, 0.15) is 5.75 Å². The molecule has 1 heterocycles. The van der Waals surface area contributed by atoms with Gasteiger partial charge in [-0.3, -0.25) is 0 Å². The predicted octanol–water partition coefficient (Wildman–Crippen LogP) is 3.44. The normalized spacial score (nSPS) is 17.4. The Morgan fingerprint density at radius 3 is 2.59 bits per heavy atom. The highest BCUT2D eigenvalue weighted by Gasteiger charge is 2.20. The molecule has 0 amide bonds. The third-order valence-electron chi connectivity index (χ3n) is 3.58. The summed E-state index contributed by atoms with van der Waals surface area (Å²) in [6, 6.07) is 12.1. The van der Waals surface area contributed by atoms with Gasteiger partial charge in [-0.05, 0) is 35.6 Å². The second-order valence-electron chi connectivity index (χ2n) is 4.61. The van der Waals surface area contributed by atoms with Gasteiger partial charge in [-0.15, -0.1) is 0 Å². The van der Waals surface area contributed by atoms with Crippen molar-refractivity contribution in [1.29, 1.82) is 0 Å².